The molecule has 0 amide bonds. The molecule has 4 aromatic heterocycles. The molecule has 4 rings (SSSR count). The maximum atomic E-state index is 12.7. The van der Waals surface area contributed by atoms with Crippen molar-refractivity contribution in [1.29, 1.82) is 0 Å². The molecule has 1 N–H and O–H groups in total. The van der Waals surface area contributed by atoms with Gasteiger partial charge >= 0.3 is 6.18 Å². The lowest BCUT2D eigenvalue weighted by Crippen LogP contribution is -2.07. The standard InChI is InChI=1S/C17H10ClF3N8/c18-12-7-10(17(19,20)21)8-24-15(12)25-14-5-4-11(9-23-14)29-27-16(26-28-29)13-3-1-2-6-22-13/h1-9H,(H,23,24,25). The number of pyridine rings is 3. The number of rotatable bonds is 4. The minimum atomic E-state index is -4.52. The molecule has 0 unspecified atom stereocenters. The highest BCUT2D eigenvalue weighted by molar-refractivity contribution is 6.33. The molecule has 0 bridgehead atoms. The van der Waals surface area contributed by atoms with Crippen LogP contribution >= 0.6 is 11.6 Å². The lowest BCUT2D eigenvalue weighted by atomic mass is 10.3. The van der Waals surface area contributed by atoms with Gasteiger partial charge in [-0.2, -0.15) is 13.2 Å². The monoisotopic (exact) mass is 418 g/mol. The zero-order valence-electron chi connectivity index (χ0n) is 14.3. The van der Waals surface area contributed by atoms with Crippen LogP contribution in [0.1, 0.15) is 5.56 Å². The fourth-order valence-electron chi connectivity index (χ4n) is 2.31. The van der Waals surface area contributed by atoms with Crippen molar-refractivity contribution in [1.82, 2.24) is 35.2 Å². The summed E-state index contributed by atoms with van der Waals surface area (Å²) < 4.78 is 38.1. The normalized spacial score (nSPS) is 11.4. The predicted octanol–water partition coefficient (Wildman–Crippen LogP) is 3.93. The smallest absolute Gasteiger partial charge is 0.324 e. The van der Waals surface area contributed by atoms with Crippen molar-refractivity contribution in [3.8, 4) is 17.2 Å². The minimum Gasteiger partial charge on any atom is -0.324 e. The van der Waals surface area contributed by atoms with Gasteiger partial charge in [-0.1, -0.05) is 17.7 Å². The number of hydrogen-bond donors (Lipinski definition) is 1. The zero-order chi connectivity index (χ0) is 20.4. The van der Waals surface area contributed by atoms with Crippen LogP contribution in [0.2, 0.25) is 5.02 Å². The first kappa shape index (κ1) is 18.7. The second kappa shape index (κ2) is 7.43. The van der Waals surface area contributed by atoms with Crippen molar-refractivity contribution in [3.63, 3.8) is 0 Å². The third kappa shape index (κ3) is 4.14. The Hall–Kier alpha value is -3.60. The van der Waals surface area contributed by atoms with Crippen LogP contribution in [-0.2, 0) is 6.18 Å². The molecule has 4 aromatic rings. The Morgan fingerprint density at radius 2 is 1.86 bits per heavy atom. The number of hydrogen-bond acceptors (Lipinski definition) is 7. The summed E-state index contributed by atoms with van der Waals surface area (Å²) in [6.07, 6.45) is -0.738. The number of halogens is 4. The van der Waals surface area contributed by atoms with E-state index in [4.69, 9.17) is 11.6 Å². The molecule has 29 heavy (non-hydrogen) atoms. The molecule has 0 aliphatic heterocycles. The second-order valence-corrected chi connectivity index (χ2v) is 6.10. The van der Waals surface area contributed by atoms with E-state index < -0.39 is 11.7 Å². The van der Waals surface area contributed by atoms with Crippen molar-refractivity contribution < 1.29 is 13.2 Å². The van der Waals surface area contributed by atoms with Crippen molar-refractivity contribution >= 4 is 23.2 Å². The molecule has 0 aliphatic carbocycles. The van der Waals surface area contributed by atoms with E-state index in [1.165, 1.54) is 11.0 Å². The van der Waals surface area contributed by atoms with Crippen LogP contribution in [-0.4, -0.2) is 35.2 Å². The van der Waals surface area contributed by atoms with E-state index in [1.807, 2.05) is 6.07 Å². The average molecular weight is 419 g/mol. The second-order valence-electron chi connectivity index (χ2n) is 5.70. The first-order chi connectivity index (χ1) is 13.9. The number of aromatic nitrogens is 7. The number of anilines is 2. The summed E-state index contributed by atoms with van der Waals surface area (Å²) in [5.41, 5.74) is 0.169. The van der Waals surface area contributed by atoms with Crippen LogP contribution in [0.25, 0.3) is 17.2 Å². The first-order valence-electron chi connectivity index (χ1n) is 8.08. The molecule has 0 atom stereocenters. The van der Waals surface area contributed by atoms with Crippen LogP contribution < -0.4 is 5.32 Å². The summed E-state index contributed by atoms with van der Waals surface area (Å²) in [5.74, 6) is 0.734. The molecule has 0 spiro atoms. The topological polar surface area (TPSA) is 94.3 Å². The van der Waals surface area contributed by atoms with E-state index >= 15 is 0 Å². The van der Waals surface area contributed by atoms with Gasteiger partial charge in [0.1, 0.15) is 23.0 Å². The highest BCUT2D eigenvalue weighted by atomic mass is 35.5. The van der Waals surface area contributed by atoms with Gasteiger partial charge in [0.2, 0.25) is 5.82 Å². The molecule has 0 fully saturated rings. The Morgan fingerprint density at radius 3 is 2.52 bits per heavy atom. The van der Waals surface area contributed by atoms with Gasteiger partial charge in [0.05, 0.1) is 16.8 Å². The third-order valence-corrected chi connectivity index (χ3v) is 3.99. The summed E-state index contributed by atoms with van der Waals surface area (Å²) in [5, 5.41) is 14.7. The van der Waals surface area contributed by atoms with Crippen molar-refractivity contribution in [3.05, 3.63) is 65.6 Å². The molecule has 0 radical (unpaired) electrons. The molecular formula is C17H10ClF3N8. The van der Waals surface area contributed by atoms with Crippen LogP contribution in [0, 0.1) is 0 Å². The first-order valence-corrected chi connectivity index (χ1v) is 8.45. The molecule has 4 heterocycles. The zero-order valence-corrected chi connectivity index (χ0v) is 15.1. The minimum absolute atomic E-state index is 0.0521. The summed E-state index contributed by atoms with van der Waals surface area (Å²) in [6, 6.07) is 9.37. The molecule has 12 heteroatoms. The van der Waals surface area contributed by atoms with Gasteiger partial charge in [0, 0.05) is 12.4 Å². The van der Waals surface area contributed by atoms with Crippen LogP contribution in [0.15, 0.2) is 55.0 Å². The summed E-state index contributed by atoms with van der Waals surface area (Å²) >= 11 is 5.88. The Bertz CT molecular complexity index is 1130. The van der Waals surface area contributed by atoms with Gasteiger partial charge in [-0.05, 0) is 35.5 Å². The highest BCUT2D eigenvalue weighted by Gasteiger charge is 2.31. The van der Waals surface area contributed by atoms with E-state index in [0.29, 0.717) is 29.2 Å². The lowest BCUT2D eigenvalue weighted by molar-refractivity contribution is -0.137. The summed E-state index contributed by atoms with van der Waals surface area (Å²) in [4.78, 5) is 13.3. The third-order valence-electron chi connectivity index (χ3n) is 3.70. The van der Waals surface area contributed by atoms with Gasteiger partial charge in [-0.25, -0.2) is 9.97 Å². The average Bonchev–Trinajstić information content (AvgIpc) is 3.20. The van der Waals surface area contributed by atoms with Gasteiger partial charge in [0.25, 0.3) is 0 Å². The van der Waals surface area contributed by atoms with Crippen molar-refractivity contribution in [2.75, 3.05) is 5.32 Å². The quantitative estimate of drug-likeness (QED) is 0.536. The van der Waals surface area contributed by atoms with E-state index in [2.05, 4.69) is 35.7 Å². The molecule has 0 aromatic carbocycles. The van der Waals surface area contributed by atoms with Gasteiger partial charge in [-0.15, -0.1) is 15.0 Å². The highest BCUT2D eigenvalue weighted by Crippen LogP contribution is 2.33. The fourth-order valence-corrected chi connectivity index (χ4v) is 2.52. The number of tetrazole rings is 1. The molecule has 0 aliphatic rings. The lowest BCUT2D eigenvalue weighted by Gasteiger charge is -2.10. The van der Waals surface area contributed by atoms with Crippen LogP contribution in [0.3, 0.4) is 0 Å². The Balaban J connectivity index is 1.51. The summed E-state index contributed by atoms with van der Waals surface area (Å²) in [6.45, 7) is 0. The molecular weight excluding hydrogens is 409 g/mol. The number of alkyl halides is 3. The van der Waals surface area contributed by atoms with E-state index in [9.17, 15) is 13.2 Å². The van der Waals surface area contributed by atoms with Crippen molar-refractivity contribution in [2.24, 2.45) is 0 Å². The Morgan fingerprint density at radius 1 is 1.00 bits per heavy atom. The van der Waals surface area contributed by atoms with Crippen LogP contribution in [0.4, 0.5) is 24.8 Å². The largest absolute Gasteiger partial charge is 0.417 e. The van der Waals surface area contributed by atoms with Gasteiger partial charge < -0.3 is 5.32 Å². The van der Waals surface area contributed by atoms with E-state index in [-0.39, 0.29) is 10.8 Å². The fraction of sp³-hybridized carbons (Fsp3) is 0.0588. The Labute approximate surface area is 166 Å². The molecule has 0 saturated heterocycles. The molecule has 0 saturated carbocycles. The van der Waals surface area contributed by atoms with Crippen molar-refractivity contribution in [2.45, 2.75) is 6.18 Å². The van der Waals surface area contributed by atoms with Gasteiger partial charge in [0.15, 0.2) is 0 Å². The maximum Gasteiger partial charge on any atom is 0.417 e. The SMILES string of the molecule is FC(F)(F)c1cnc(Nc2ccc(-n3nnc(-c4ccccn4)n3)cn2)c(Cl)c1. The van der Waals surface area contributed by atoms with E-state index in [1.54, 1.807) is 30.5 Å². The van der Waals surface area contributed by atoms with Crippen LogP contribution in [0.5, 0.6) is 0 Å². The van der Waals surface area contributed by atoms with Gasteiger partial charge in [-0.3, -0.25) is 4.98 Å². The Kier molecular flexibility index (Phi) is 4.80. The predicted molar refractivity (Wildman–Crippen MR) is 97.7 cm³/mol. The molecule has 8 nitrogen and oxygen atoms in total. The summed E-state index contributed by atoms with van der Waals surface area (Å²) in [7, 11) is 0. The number of nitrogens with zero attached hydrogens (tertiary/aromatic N) is 7. The molecule has 146 valence electrons. The van der Waals surface area contributed by atoms with E-state index in [0.717, 1.165) is 6.07 Å². The number of nitrogens with one attached hydrogen (secondary N) is 1. The maximum absolute atomic E-state index is 12.7.